The zero-order valence-corrected chi connectivity index (χ0v) is 27.9. The summed E-state index contributed by atoms with van der Waals surface area (Å²) in [6.45, 7) is 12.9. The molecule has 3 heteroatoms. The van der Waals surface area contributed by atoms with Gasteiger partial charge in [0.2, 0.25) is 0 Å². The molecule has 0 bridgehead atoms. The van der Waals surface area contributed by atoms with Crippen molar-refractivity contribution in [2.45, 2.75) is 175 Å². The number of halogens is 2. The zero-order chi connectivity index (χ0) is 25.0. The Bertz CT molecular complexity index is 334. The summed E-state index contributed by atoms with van der Waals surface area (Å²) in [5, 5.41) is 1.18. The van der Waals surface area contributed by atoms with Crippen LogP contribution in [0.1, 0.15) is 175 Å². The Labute approximate surface area is 242 Å². The molecule has 0 spiro atoms. The van der Waals surface area contributed by atoms with Crippen LogP contribution in [0, 0.1) is 0 Å². The van der Waals surface area contributed by atoms with Gasteiger partial charge in [-0.1, -0.05) is 133 Å². The van der Waals surface area contributed by atoms with E-state index in [-0.39, 0.29) is 17.0 Å². The van der Waals surface area contributed by atoms with Gasteiger partial charge in [-0.2, -0.15) is 0 Å². The number of rotatable bonds is 29. The normalized spacial score (nSPS) is 11.7. The molecular formula is C32H67Br2N. The summed E-state index contributed by atoms with van der Waals surface area (Å²) in [6, 6.07) is 0. The van der Waals surface area contributed by atoms with Crippen molar-refractivity contribution in [2.24, 2.45) is 0 Å². The van der Waals surface area contributed by atoms with Gasteiger partial charge in [-0.25, -0.2) is 0 Å². The molecule has 0 aromatic rings. The Morgan fingerprint density at radius 3 is 0.829 bits per heavy atom. The zero-order valence-electron chi connectivity index (χ0n) is 24.7. The van der Waals surface area contributed by atoms with Crippen LogP contribution in [-0.4, -0.2) is 36.0 Å². The van der Waals surface area contributed by atoms with Crippen LogP contribution in [0.4, 0.5) is 0 Å². The second-order valence-electron chi connectivity index (χ2n) is 11.3. The highest BCUT2D eigenvalue weighted by Gasteiger charge is 2.25. The number of unbranched alkanes of at least 4 members (excludes halogenated alkanes) is 20. The largest absolute Gasteiger partial charge is 1.00 e. The third kappa shape index (κ3) is 26.3. The average Bonchev–Trinajstić information content (AvgIpc) is 2.85. The van der Waals surface area contributed by atoms with E-state index >= 15 is 0 Å². The number of nitrogens with zero attached hydrogens (tertiary/aromatic N) is 1. The van der Waals surface area contributed by atoms with Crippen molar-refractivity contribution in [3.05, 3.63) is 0 Å². The monoisotopic (exact) mass is 623 g/mol. The molecule has 0 saturated heterocycles. The lowest BCUT2D eigenvalue weighted by atomic mass is 10.0. The van der Waals surface area contributed by atoms with Gasteiger partial charge in [0.1, 0.15) is 0 Å². The molecule has 0 heterocycles. The Balaban J connectivity index is 0. The van der Waals surface area contributed by atoms with Crippen LogP contribution in [0.5, 0.6) is 0 Å². The Hall–Kier alpha value is 0.920. The standard InChI is InChI=1S/C32H67BrN.BrH/c1-4-7-10-13-19-24-29-34(30-25-20-14-11-8-5-2,31-26-21-15-12-9-6-3)32-27-22-17-16-18-23-28-33;/h4-32H2,1-3H3;1H/q+1;/p-1. The smallest absolute Gasteiger partial charge is 0.0786 e. The van der Waals surface area contributed by atoms with Crippen molar-refractivity contribution in [3.63, 3.8) is 0 Å². The second kappa shape index (κ2) is 31.1. The molecule has 0 aromatic carbocycles. The molecule has 0 fully saturated rings. The first kappa shape index (κ1) is 38.1. The second-order valence-corrected chi connectivity index (χ2v) is 12.1. The number of quaternary nitrogens is 1. The lowest BCUT2D eigenvalue weighted by Gasteiger charge is -2.40. The van der Waals surface area contributed by atoms with E-state index in [1.165, 1.54) is 190 Å². The highest BCUT2D eigenvalue weighted by Crippen LogP contribution is 2.20. The minimum absolute atomic E-state index is 0. The Kier molecular flexibility index (Phi) is 33.9. The van der Waals surface area contributed by atoms with Crippen molar-refractivity contribution >= 4 is 15.9 Å². The molecule has 0 saturated carbocycles. The fraction of sp³-hybridized carbons (Fsp3) is 1.00. The van der Waals surface area contributed by atoms with Gasteiger partial charge in [-0.3, -0.25) is 0 Å². The van der Waals surface area contributed by atoms with Gasteiger partial charge >= 0.3 is 0 Å². The van der Waals surface area contributed by atoms with Crippen molar-refractivity contribution < 1.29 is 21.5 Å². The minimum Gasteiger partial charge on any atom is -1.00 e. The quantitative estimate of drug-likeness (QED) is 0.0444. The average molecular weight is 626 g/mol. The van der Waals surface area contributed by atoms with Crippen LogP contribution in [-0.2, 0) is 0 Å². The van der Waals surface area contributed by atoms with E-state index in [4.69, 9.17) is 0 Å². The molecule has 0 aliphatic heterocycles. The Morgan fingerprint density at radius 2 is 0.571 bits per heavy atom. The Morgan fingerprint density at radius 1 is 0.343 bits per heavy atom. The van der Waals surface area contributed by atoms with E-state index in [0.717, 1.165) is 0 Å². The van der Waals surface area contributed by atoms with E-state index in [1.807, 2.05) is 0 Å². The van der Waals surface area contributed by atoms with E-state index in [2.05, 4.69) is 36.7 Å². The van der Waals surface area contributed by atoms with Gasteiger partial charge in [-0.15, -0.1) is 0 Å². The van der Waals surface area contributed by atoms with Crippen LogP contribution >= 0.6 is 15.9 Å². The van der Waals surface area contributed by atoms with Gasteiger partial charge in [0.15, 0.2) is 0 Å². The first-order valence-electron chi connectivity index (χ1n) is 16.2. The highest BCUT2D eigenvalue weighted by molar-refractivity contribution is 9.09. The van der Waals surface area contributed by atoms with Crippen molar-refractivity contribution in [3.8, 4) is 0 Å². The molecule has 35 heavy (non-hydrogen) atoms. The van der Waals surface area contributed by atoms with Gasteiger partial charge in [0.05, 0.1) is 26.2 Å². The van der Waals surface area contributed by atoms with Crippen LogP contribution in [0.2, 0.25) is 0 Å². The summed E-state index contributed by atoms with van der Waals surface area (Å²) in [6.07, 6.45) is 34.6. The third-order valence-corrected chi connectivity index (χ3v) is 8.53. The minimum atomic E-state index is 0. The van der Waals surface area contributed by atoms with E-state index in [9.17, 15) is 0 Å². The fourth-order valence-corrected chi connectivity index (χ4v) is 6.00. The topological polar surface area (TPSA) is 0 Å². The molecule has 0 aromatic heterocycles. The molecule has 0 aliphatic carbocycles. The predicted octanol–water partition coefficient (Wildman–Crippen LogP) is 8.62. The number of hydrogen-bond acceptors (Lipinski definition) is 0. The molecular weight excluding hydrogens is 558 g/mol. The van der Waals surface area contributed by atoms with Gasteiger partial charge < -0.3 is 21.5 Å². The van der Waals surface area contributed by atoms with Crippen molar-refractivity contribution in [1.82, 2.24) is 0 Å². The van der Waals surface area contributed by atoms with Crippen LogP contribution in [0.25, 0.3) is 0 Å². The van der Waals surface area contributed by atoms with E-state index in [1.54, 1.807) is 0 Å². The van der Waals surface area contributed by atoms with Crippen molar-refractivity contribution in [2.75, 3.05) is 31.5 Å². The molecule has 1 nitrogen and oxygen atoms in total. The third-order valence-electron chi connectivity index (χ3n) is 7.97. The first-order chi connectivity index (χ1) is 16.7. The van der Waals surface area contributed by atoms with E-state index < -0.39 is 0 Å². The summed E-state index contributed by atoms with van der Waals surface area (Å²) in [5.74, 6) is 0. The summed E-state index contributed by atoms with van der Waals surface area (Å²) in [7, 11) is 0. The summed E-state index contributed by atoms with van der Waals surface area (Å²) in [5.41, 5.74) is 0. The summed E-state index contributed by atoms with van der Waals surface area (Å²) < 4.78 is 1.47. The van der Waals surface area contributed by atoms with Gasteiger partial charge in [0.25, 0.3) is 0 Å². The first-order valence-corrected chi connectivity index (χ1v) is 17.3. The molecule has 0 atom stereocenters. The maximum atomic E-state index is 3.59. The van der Waals surface area contributed by atoms with Gasteiger partial charge in [-0.05, 0) is 57.8 Å². The maximum Gasteiger partial charge on any atom is 0.0786 e. The molecule has 0 radical (unpaired) electrons. The summed E-state index contributed by atoms with van der Waals surface area (Å²) in [4.78, 5) is 0. The lowest BCUT2D eigenvalue weighted by Crippen LogP contribution is -3.00. The maximum absolute atomic E-state index is 3.59. The lowest BCUT2D eigenvalue weighted by molar-refractivity contribution is -0.929. The summed E-state index contributed by atoms with van der Waals surface area (Å²) >= 11 is 3.59. The molecule has 0 amide bonds. The molecule has 0 N–H and O–H groups in total. The van der Waals surface area contributed by atoms with E-state index in [0.29, 0.717) is 0 Å². The number of hydrogen-bond donors (Lipinski definition) is 0. The molecule has 0 aliphatic rings. The molecule has 0 rings (SSSR count). The highest BCUT2D eigenvalue weighted by atomic mass is 79.9. The SMILES string of the molecule is CCCCCCCC[N+](CCCCCCCC)(CCCCCCCC)CCCCCCCCBr.[Br-]. The van der Waals surface area contributed by atoms with Crippen molar-refractivity contribution in [1.29, 1.82) is 0 Å². The molecule has 0 unspecified atom stereocenters. The predicted molar refractivity (Wildman–Crippen MR) is 161 cm³/mol. The van der Waals surface area contributed by atoms with Crippen LogP contribution in [0.15, 0.2) is 0 Å². The number of alkyl halides is 1. The molecule has 214 valence electrons. The van der Waals surface area contributed by atoms with Crippen LogP contribution in [0.3, 0.4) is 0 Å². The van der Waals surface area contributed by atoms with Crippen LogP contribution < -0.4 is 17.0 Å². The van der Waals surface area contributed by atoms with Gasteiger partial charge in [0, 0.05) is 5.33 Å². The fourth-order valence-electron chi connectivity index (χ4n) is 5.60.